The van der Waals surface area contributed by atoms with Gasteiger partial charge in [0.15, 0.2) is 11.5 Å². The first kappa shape index (κ1) is 16.1. The number of nitrogens with one attached hydrogen (secondary N) is 1. The first-order chi connectivity index (χ1) is 8.73. The number of methoxy groups -OCH3 is 1. The van der Waals surface area contributed by atoms with E-state index in [1.807, 2.05) is 26.0 Å². The molecule has 1 aromatic carbocycles. The summed E-state index contributed by atoms with van der Waals surface area (Å²) >= 11 is 6.30. The Morgan fingerprint density at radius 3 is 2.32 bits per heavy atom. The van der Waals surface area contributed by atoms with Gasteiger partial charge in [-0.1, -0.05) is 11.6 Å². The summed E-state index contributed by atoms with van der Waals surface area (Å²) < 4.78 is 11.1. The molecule has 3 nitrogen and oxygen atoms in total. The van der Waals surface area contributed by atoms with E-state index in [0.29, 0.717) is 23.1 Å². The molecule has 0 aliphatic heterocycles. The Balaban J connectivity index is 2.95. The van der Waals surface area contributed by atoms with Crippen molar-refractivity contribution in [3.05, 3.63) is 22.7 Å². The molecule has 0 spiro atoms. The van der Waals surface area contributed by atoms with Gasteiger partial charge in [0, 0.05) is 23.2 Å². The van der Waals surface area contributed by atoms with Crippen LogP contribution >= 0.6 is 11.6 Å². The standard InChI is InChI=1S/C15H24ClNO2/c1-10(2)19-14-8-12(16)11(7-13(14)18-6)9-17-15(3,4)5/h7-8,10,17H,9H2,1-6H3. The number of hydrogen-bond donors (Lipinski definition) is 1. The van der Waals surface area contributed by atoms with Crippen LogP contribution < -0.4 is 14.8 Å². The van der Waals surface area contributed by atoms with Crippen molar-refractivity contribution in [2.45, 2.75) is 52.8 Å². The van der Waals surface area contributed by atoms with Crippen molar-refractivity contribution in [1.82, 2.24) is 5.32 Å². The van der Waals surface area contributed by atoms with Gasteiger partial charge in [0.2, 0.25) is 0 Å². The molecule has 108 valence electrons. The largest absolute Gasteiger partial charge is 0.493 e. The summed E-state index contributed by atoms with van der Waals surface area (Å²) in [5.41, 5.74) is 1.05. The SMILES string of the molecule is COc1cc(CNC(C)(C)C)c(Cl)cc1OC(C)C. The highest BCUT2D eigenvalue weighted by atomic mass is 35.5. The summed E-state index contributed by atoms with van der Waals surface area (Å²) in [6, 6.07) is 3.75. The monoisotopic (exact) mass is 285 g/mol. The normalized spacial score (nSPS) is 11.8. The minimum absolute atomic E-state index is 0.0453. The van der Waals surface area contributed by atoms with Gasteiger partial charge < -0.3 is 14.8 Å². The first-order valence-electron chi connectivity index (χ1n) is 6.51. The van der Waals surface area contributed by atoms with Crippen molar-refractivity contribution < 1.29 is 9.47 Å². The molecule has 19 heavy (non-hydrogen) atoms. The summed E-state index contributed by atoms with van der Waals surface area (Å²) in [7, 11) is 1.64. The van der Waals surface area contributed by atoms with E-state index in [1.165, 1.54) is 0 Å². The predicted octanol–water partition coefficient (Wildman–Crippen LogP) is 4.02. The van der Waals surface area contributed by atoms with Gasteiger partial charge in [0.05, 0.1) is 13.2 Å². The quantitative estimate of drug-likeness (QED) is 0.886. The van der Waals surface area contributed by atoms with Gasteiger partial charge in [-0.3, -0.25) is 0 Å². The van der Waals surface area contributed by atoms with Gasteiger partial charge in [-0.15, -0.1) is 0 Å². The Kier molecular flexibility index (Phi) is 5.50. The lowest BCUT2D eigenvalue weighted by Crippen LogP contribution is -2.35. The average molecular weight is 286 g/mol. The highest BCUT2D eigenvalue weighted by Crippen LogP contribution is 2.34. The predicted molar refractivity (Wildman–Crippen MR) is 80.4 cm³/mol. The zero-order valence-electron chi connectivity index (χ0n) is 12.6. The van der Waals surface area contributed by atoms with E-state index in [0.717, 1.165) is 5.56 Å². The van der Waals surface area contributed by atoms with E-state index < -0.39 is 0 Å². The molecular formula is C15H24ClNO2. The number of halogens is 1. The molecule has 0 amide bonds. The molecule has 0 saturated carbocycles. The molecule has 1 N–H and O–H groups in total. The molecule has 0 saturated heterocycles. The van der Waals surface area contributed by atoms with Crippen molar-refractivity contribution in [3.63, 3.8) is 0 Å². The molecule has 0 aromatic heterocycles. The van der Waals surface area contributed by atoms with Crippen LogP contribution in [0.1, 0.15) is 40.2 Å². The van der Waals surface area contributed by atoms with Crippen molar-refractivity contribution in [1.29, 1.82) is 0 Å². The molecule has 0 aliphatic carbocycles. The molecule has 0 heterocycles. The summed E-state index contributed by atoms with van der Waals surface area (Å²) in [6.07, 6.45) is 0.0866. The van der Waals surface area contributed by atoms with Crippen LogP contribution in [0.15, 0.2) is 12.1 Å². The van der Waals surface area contributed by atoms with Gasteiger partial charge in [0.1, 0.15) is 0 Å². The number of ether oxygens (including phenoxy) is 2. The maximum absolute atomic E-state index is 6.30. The molecular weight excluding hydrogens is 262 g/mol. The zero-order valence-corrected chi connectivity index (χ0v) is 13.4. The molecule has 0 bridgehead atoms. The van der Waals surface area contributed by atoms with Crippen molar-refractivity contribution in [2.75, 3.05) is 7.11 Å². The molecule has 0 atom stereocenters. The van der Waals surface area contributed by atoms with Gasteiger partial charge >= 0.3 is 0 Å². The van der Waals surface area contributed by atoms with Crippen LogP contribution in [0.4, 0.5) is 0 Å². The van der Waals surface area contributed by atoms with E-state index in [1.54, 1.807) is 7.11 Å². The molecule has 0 radical (unpaired) electrons. The van der Waals surface area contributed by atoms with Crippen LogP contribution in [0.5, 0.6) is 11.5 Å². The number of benzene rings is 1. The second-order valence-electron chi connectivity index (χ2n) is 5.86. The summed E-state index contributed by atoms with van der Waals surface area (Å²) in [5.74, 6) is 1.39. The van der Waals surface area contributed by atoms with Gasteiger partial charge in [-0.2, -0.15) is 0 Å². The third-order valence-electron chi connectivity index (χ3n) is 2.50. The van der Waals surface area contributed by atoms with Crippen LogP contribution in [0.3, 0.4) is 0 Å². The highest BCUT2D eigenvalue weighted by Gasteiger charge is 2.14. The van der Waals surface area contributed by atoms with Crippen LogP contribution in [-0.2, 0) is 6.54 Å². The first-order valence-corrected chi connectivity index (χ1v) is 6.89. The number of rotatable bonds is 5. The summed E-state index contributed by atoms with van der Waals surface area (Å²) in [4.78, 5) is 0. The third-order valence-corrected chi connectivity index (χ3v) is 2.86. The molecule has 0 unspecified atom stereocenters. The van der Waals surface area contributed by atoms with Gasteiger partial charge in [0.25, 0.3) is 0 Å². The average Bonchev–Trinajstić information content (AvgIpc) is 2.26. The lowest BCUT2D eigenvalue weighted by molar-refractivity contribution is 0.230. The second kappa shape index (κ2) is 6.49. The van der Waals surface area contributed by atoms with Crippen molar-refractivity contribution in [2.24, 2.45) is 0 Å². The molecule has 1 aromatic rings. The number of hydrogen-bond acceptors (Lipinski definition) is 3. The Morgan fingerprint density at radius 1 is 1.21 bits per heavy atom. The summed E-state index contributed by atoms with van der Waals surface area (Å²) in [5, 5.41) is 4.10. The van der Waals surface area contributed by atoms with E-state index in [-0.39, 0.29) is 11.6 Å². The third kappa shape index (κ3) is 5.29. The Labute approximate surface area is 121 Å². The molecule has 0 aliphatic rings. The fraction of sp³-hybridized carbons (Fsp3) is 0.600. The lowest BCUT2D eigenvalue weighted by Gasteiger charge is -2.22. The maximum Gasteiger partial charge on any atom is 0.163 e. The Bertz CT molecular complexity index is 425. The maximum atomic E-state index is 6.30. The minimum atomic E-state index is 0.0453. The van der Waals surface area contributed by atoms with Gasteiger partial charge in [-0.25, -0.2) is 0 Å². The summed E-state index contributed by atoms with van der Waals surface area (Å²) in [6.45, 7) is 11.0. The second-order valence-corrected chi connectivity index (χ2v) is 6.27. The topological polar surface area (TPSA) is 30.5 Å². The zero-order chi connectivity index (χ0) is 14.6. The van der Waals surface area contributed by atoms with Gasteiger partial charge in [-0.05, 0) is 46.2 Å². The highest BCUT2D eigenvalue weighted by molar-refractivity contribution is 6.31. The van der Waals surface area contributed by atoms with Crippen molar-refractivity contribution >= 4 is 11.6 Å². The van der Waals surface area contributed by atoms with E-state index >= 15 is 0 Å². The smallest absolute Gasteiger partial charge is 0.163 e. The molecule has 0 fully saturated rings. The molecule has 4 heteroatoms. The van der Waals surface area contributed by atoms with E-state index in [9.17, 15) is 0 Å². The van der Waals surface area contributed by atoms with Crippen LogP contribution in [-0.4, -0.2) is 18.8 Å². The Hall–Kier alpha value is -0.930. The lowest BCUT2D eigenvalue weighted by atomic mass is 10.1. The van der Waals surface area contributed by atoms with Crippen LogP contribution in [0.25, 0.3) is 0 Å². The van der Waals surface area contributed by atoms with E-state index in [4.69, 9.17) is 21.1 Å². The Morgan fingerprint density at radius 2 is 1.84 bits per heavy atom. The van der Waals surface area contributed by atoms with Crippen molar-refractivity contribution in [3.8, 4) is 11.5 Å². The van der Waals surface area contributed by atoms with E-state index in [2.05, 4.69) is 26.1 Å². The minimum Gasteiger partial charge on any atom is -0.493 e. The molecule has 1 rings (SSSR count). The van der Waals surface area contributed by atoms with Crippen LogP contribution in [0.2, 0.25) is 5.02 Å². The fourth-order valence-corrected chi connectivity index (χ4v) is 1.80. The fourth-order valence-electron chi connectivity index (χ4n) is 1.58. The van der Waals surface area contributed by atoms with Crippen LogP contribution in [0, 0.1) is 0 Å².